The minimum Gasteiger partial charge on any atom is -0.389 e. The minimum absolute atomic E-state index is 0.0396. The van der Waals surface area contributed by atoms with E-state index in [1.807, 2.05) is 12.3 Å². The second-order valence-electron chi connectivity index (χ2n) is 5.10. The summed E-state index contributed by atoms with van der Waals surface area (Å²) in [6, 6.07) is 1.58. The Morgan fingerprint density at radius 2 is 2.44 bits per heavy atom. The van der Waals surface area contributed by atoms with Crippen LogP contribution in [0.5, 0.6) is 0 Å². The zero-order valence-electron chi connectivity index (χ0n) is 10.2. The second kappa shape index (κ2) is 4.15. The molecule has 0 radical (unpaired) electrons. The van der Waals surface area contributed by atoms with Gasteiger partial charge < -0.3 is 5.11 Å². The largest absolute Gasteiger partial charge is 0.389 e. The van der Waals surface area contributed by atoms with Gasteiger partial charge in [-0.05, 0) is 13.3 Å². The van der Waals surface area contributed by atoms with E-state index in [1.54, 1.807) is 16.7 Å². The molecule has 3 rings (SSSR count). The van der Waals surface area contributed by atoms with E-state index in [1.165, 1.54) is 11.3 Å². The molecule has 0 saturated carbocycles. The molecule has 1 N–H and O–H groups in total. The zero-order valence-corrected chi connectivity index (χ0v) is 11.0. The lowest BCUT2D eigenvalue weighted by atomic mass is 10.1. The molecule has 18 heavy (non-hydrogen) atoms. The number of hydrogen-bond acceptors (Lipinski definition) is 5. The van der Waals surface area contributed by atoms with Gasteiger partial charge >= 0.3 is 0 Å². The first-order chi connectivity index (χ1) is 8.53. The van der Waals surface area contributed by atoms with Crippen molar-refractivity contribution in [2.75, 3.05) is 13.1 Å². The summed E-state index contributed by atoms with van der Waals surface area (Å²) in [5, 5.41) is 11.8. The molecule has 96 valence electrons. The van der Waals surface area contributed by atoms with Crippen LogP contribution in [0.2, 0.25) is 0 Å². The van der Waals surface area contributed by atoms with E-state index >= 15 is 0 Å². The van der Waals surface area contributed by atoms with E-state index in [-0.39, 0.29) is 5.56 Å². The number of nitrogens with zero attached hydrogens (tertiary/aromatic N) is 3. The highest BCUT2D eigenvalue weighted by molar-refractivity contribution is 7.15. The summed E-state index contributed by atoms with van der Waals surface area (Å²) in [6.45, 7) is 3.95. The first kappa shape index (κ1) is 11.8. The quantitative estimate of drug-likeness (QED) is 0.869. The Morgan fingerprint density at radius 1 is 1.61 bits per heavy atom. The van der Waals surface area contributed by atoms with Crippen molar-refractivity contribution in [2.45, 2.75) is 25.5 Å². The zero-order chi connectivity index (χ0) is 12.8. The molecule has 0 aromatic carbocycles. The number of likely N-dealkylation sites (tertiary alicyclic amines) is 1. The van der Waals surface area contributed by atoms with Crippen molar-refractivity contribution in [3.63, 3.8) is 0 Å². The standard InChI is InChI=1S/C12H15N3O2S/c1-12(17)2-3-14(8-12)7-9-6-10(16)15-4-5-18-11(15)13-9/h4-6,17H,2-3,7-8H2,1H3. The Morgan fingerprint density at radius 3 is 3.17 bits per heavy atom. The van der Waals surface area contributed by atoms with Crippen LogP contribution in [0.1, 0.15) is 19.0 Å². The third-order valence-corrected chi connectivity index (χ3v) is 4.03. The molecule has 0 bridgehead atoms. The third-order valence-electron chi connectivity index (χ3n) is 3.27. The minimum atomic E-state index is -0.609. The van der Waals surface area contributed by atoms with Crippen LogP contribution < -0.4 is 5.56 Å². The van der Waals surface area contributed by atoms with Gasteiger partial charge in [0.25, 0.3) is 5.56 Å². The Balaban J connectivity index is 1.85. The lowest BCUT2D eigenvalue weighted by molar-refractivity contribution is 0.0677. The van der Waals surface area contributed by atoms with Crippen LogP contribution in [0.25, 0.3) is 4.96 Å². The SMILES string of the molecule is CC1(O)CCN(Cc2cc(=O)n3ccsc3n2)C1. The molecule has 3 heterocycles. The molecule has 2 aromatic rings. The van der Waals surface area contributed by atoms with Gasteiger partial charge in [-0.15, -0.1) is 11.3 Å². The van der Waals surface area contributed by atoms with Crippen LogP contribution in [0.3, 0.4) is 0 Å². The highest BCUT2D eigenvalue weighted by Crippen LogP contribution is 2.21. The molecule has 1 saturated heterocycles. The van der Waals surface area contributed by atoms with Crippen LogP contribution in [-0.2, 0) is 6.54 Å². The maximum absolute atomic E-state index is 11.8. The normalized spacial score (nSPS) is 25.0. The topological polar surface area (TPSA) is 57.8 Å². The summed E-state index contributed by atoms with van der Waals surface area (Å²) >= 11 is 1.46. The van der Waals surface area contributed by atoms with Crippen LogP contribution in [0.4, 0.5) is 0 Å². The van der Waals surface area contributed by atoms with Gasteiger partial charge in [-0.25, -0.2) is 4.98 Å². The Kier molecular flexibility index (Phi) is 2.73. The van der Waals surface area contributed by atoms with E-state index < -0.39 is 5.60 Å². The van der Waals surface area contributed by atoms with E-state index in [0.717, 1.165) is 23.6 Å². The number of fused-ring (bicyclic) bond motifs is 1. The van der Waals surface area contributed by atoms with E-state index in [0.29, 0.717) is 13.1 Å². The summed E-state index contributed by atoms with van der Waals surface area (Å²) in [5.41, 5.74) is 0.129. The average molecular weight is 265 g/mol. The third kappa shape index (κ3) is 2.19. The molecule has 1 unspecified atom stereocenters. The predicted octanol–water partition coefficient (Wildman–Crippen LogP) is 0.713. The Bertz CT molecular complexity index is 632. The lowest BCUT2D eigenvalue weighted by Gasteiger charge is -2.18. The summed E-state index contributed by atoms with van der Waals surface area (Å²) in [4.78, 5) is 19.1. The summed E-state index contributed by atoms with van der Waals surface area (Å²) in [7, 11) is 0. The molecular formula is C12H15N3O2S. The van der Waals surface area contributed by atoms with Crippen LogP contribution in [0, 0.1) is 0 Å². The van der Waals surface area contributed by atoms with Crippen molar-refractivity contribution in [3.05, 3.63) is 33.7 Å². The van der Waals surface area contributed by atoms with Crippen LogP contribution in [-0.4, -0.2) is 38.1 Å². The smallest absolute Gasteiger partial charge is 0.258 e. The average Bonchev–Trinajstić information content (AvgIpc) is 2.85. The molecule has 1 fully saturated rings. The number of hydrogen-bond donors (Lipinski definition) is 1. The molecule has 1 aliphatic rings. The van der Waals surface area contributed by atoms with Gasteiger partial charge in [0.15, 0.2) is 4.96 Å². The number of aliphatic hydroxyl groups is 1. The number of β-amino-alcohol motifs (C(OH)–C–C–N with tert-alkyl or cyclic N) is 1. The van der Waals surface area contributed by atoms with Crippen molar-refractivity contribution in [1.82, 2.24) is 14.3 Å². The summed E-state index contributed by atoms with van der Waals surface area (Å²) < 4.78 is 1.55. The fraction of sp³-hybridized carbons (Fsp3) is 0.500. The fourth-order valence-corrected chi connectivity index (χ4v) is 3.11. The number of aromatic nitrogens is 2. The molecule has 2 aromatic heterocycles. The second-order valence-corrected chi connectivity index (χ2v) is 5.97. The van der Waals surface area contributed by atoms with Gasteiger partial charge in [0.2, 0.25) is 0 Å². The molecule has 5 nitrogen and oxygen atoms in total. The van der Waals surface area contributed by atoms with Gasteiger partial charge in [-0.3, -0.25) is 14.1 Å². The number of thiazole rings is 1. The van der Waals surface area contributed by atoms with Crippen LogP contribution in [0.15, 0.2) is 22.4 Å². The molecule has 6 heteroatoms. The van der Waals surface area contributed by atoms with Crippen molar-refractivity contribution < 1.29 is 5.11 Å². The summed E-state index contributed by atoms with van der Waals surface area (Å²) in [5.74, 6) is 0. The van der Waals surface area contributed by atoms with Gasteiger partial charge in [-0.1, -0.05) is 0 Å². The summed E-state index contributed by atoms with van der Waals surface area (Å²) in [6.07, 6.45) is 2.51. The van der Waals surface area contributed by atoms with Gasteiger partial charge in [0.05, 0.1) is 11.3 Å². The maximum Gasteiger partial charge on any atom is 0.258 e. The van der Waals surface area contributed by atoms with E-state index in [2.05, 4.69) is 9.88 Å². The maximum atomic E-state index is 11.8. The molecule has 0 amide bonds. The molecule has 1 aliphatic heterocycles. The highest BCUT2D eigenvalue weighted by Gasteiger charge is 2.31. The molecular weight excluding hydrogens is 250 g/mol. The molecule has 1 atom stereocenters. The first-order valence-electron chi connectivity index (χ1n) is 5.94. The highest BCUT2D eigenvalue weighted by atomic mass is 32.1. The fourth-order valence-electron chi connectivity index (χ4n) is 2.37. The van der Waals surface area contributed by atoms with Gasteiger partial charge in [0.1, 0.15) is 0 Å². The Hall–Kier alpha value is -1.24. The Labute approximate surface area is 108 Å². The molecule has 0 spiro atoms. The first-order valence-corrected chi connectivity index (χ1v) is 6.82. The monoisotopic (exact) mass is 265 g/mol. The van der Waals surface area contributed by atoms with Crippen molar-refractivity contribution >= 4 is 16.3 Å². The number of rotatable bonds is 2. The van der Waals surface area contributed by atoms with Crippen molar-refractivity contribution in [1.29, 1.82) is 0 Å². The van der Waals surface area contributed by atoms with Crippen molar-refractivity contribution in [2.24, 2.45) is 0 Å². The van der Waals surface area contributed by atoms with Crippen LogP contribution >= 0.6 is 11.3 Å². The van der Waals surface area contributed by atoms with E-state index in [4.69, 9.17) is 0 Å². The van der Waals surface area contributed by atoms with E-state index in [9.17, 15) is 9.90 Å². The lowest BCUT2D eigenvalue weighted by Crippen LogP contribution is -2.30. The van der Waals surface area contributed by atoms with Gasteiger partial charge in [-0.2, -0.15) is 0 Å². The predicted molar refractivity (Wildman–Crippen MR) is 69.9 cm³/mol. The molecule has 0 aliphatic carbocycles. The van der Waals surface area contributed by atoms with Gasteiger partial charge in [0, 0.05) is 37.3 Å². The van der Waals surface area contributed by atoms with Crippen molar-refractivity contribution in [3.8, 4) is 0 Å².